The number of pyridine rings is 1. The number of halogens is 1. The molecule has 84 valence electrons. The van der Waals surface area contributed by atoms with Gasteiger partial charge in [0.2, 0.25) is 0 Å². The maximum atomic E-state index is 11.9. The average molecular weight is 273 g/mol. The van der Waals surface area contributed by atoms with Gasteiger partial charge in [0.15, 0.2) is 0 Å². The lowest BCUT2D eigenvalue weighted by Gasteiger charge is -2.16. The van der Waals surface area contributed by atoms with E-state index >= 15 is 0 Å². The van der Waals surface area contributed by atoms with Crippen molar-refractivity contribution < 1.29 is 0 Å². The Morgan fingerprint density at radius 3 is 2.73 bits per heavy atom. The van der Waals surface area contributed by atoms with E-state index in [0.717, 1.165) is 18.4 Å². The van der Waals surface area contributed by atoms with Gasteiger partial charge in [-0.25, -0.2) is 0 Å². The molecule has 0 amide bonds. The van der Waals surface area contributed by atoms with Gasteiger partial charge in [-0.05, 0) is 41.8 Å². The summed E-state index contributed by atoms with van der Waals surface area (Å²) >= 11 is 3.29. The van der Waals surface area contributed by atoms with Gasteiger partial charge in [0.05, 0.1) is 10.2 Å². The zero-order valence-corrected chi connectivity index (χ0v) is 11.0. The molecule has 3 nitrogen and oxygen atoms in total. The Labute approximate surface area is 98.4 Å². The largest absolute Gasteiger partial charge is 0.397 e. The molecule has 0 aromatic carbocycles. The standard InChI is InChI=1S/C11H17BrN2O/c1-4-5-7(2)14-6-9(13)8(3)10(12)11(14)15/h6-7H,4-5,13H2,1-3H3. The summed E-state index contributed by atoms with van der Waals surface area (Å²) in [6.45, 7) is 5.98. The van der Waals surface area contributed by atoms with Crippen LogP contribution in [0.4, 0.5) is 5.69 Å². The van der Waals surface area contributed by atoms with Gasteiger partial charge in [0.1, 0.15) is 0 Å². The summed E-state index contributed by atoms with van der Waals surface area (Å²) in [6, 6.07) is 0.196. The van der Waals surface area contributed by atoms with E-state index in [4.69, 9.17) is 5.73 Å². The SMILES string of the molecule is CCCC(C)n1cc(N)c(C)c(Br)c1=O. The number of nitrogen functional groups attached to an aromatic ring is 1. The lowest BCUT2D eigenvalue weighted by Crippen LogP contribution is -2.25. The minimum Gasteiger partial charge on any atom is -0.397 e. The van der Waals surface area contributed by atoms with Crippen LogP contribution in [0.3, 0.4) is 0 Å². The van der Waals surface area contributed by atoms with Gasteiger partial charge in [-0.1, -0.05) is 13.3 Å². The fraction of sp³-hybridized carbons (Fsp3) is 0.545. The number of nitrogens with zero attached hydrogens (tertiary/aromatic N) is 1. The molecule has 1 rings (SSSR count). The summed E-state index contributed by atoms with van der Waals surface area (Å²) in [7, 11) is 0. The van der Waals surface area contributed by atoms with Crippen LogP contribution < -0.4 is 11.3 Å². The number of hydrogen-bond acceptors (Lipinski definition) is 2. The van der Waals surface area contributed by atoms with Crippen LogP contribution in [-0.2, 0) is 0 Å². The van der Waals surface area contributed by atoms with Crippen molar-refractivity contribution in [1.82, 2.24) is 4.57 Å². The molecule has 0 saturated heterocycles. The van der Waals surface area contributed by atoms with E-state index in [-0.39, 0.29) is 11.6 Å². The van der Waals surface area contributed by atoms with Gasteiger partial charge < -0.3 is 10.3 Å². The molecule has 0 saturated carbocycles. The topological polar surface area (TPSA) is 48.0 Å². The number of nitrogens with two attached hydrogens (primary N) is 1. The van der Waals surface area contributed by atoms with Crippen molar-refractivity contribution in [1.29, 1.82) is 0 Å². The molecule has 1 heterocycles. The van der Waals surface area contributed by atoms with E-state index in [2.05, 4.69) is 22.9 Å². The van der Waals surface area contributed by atoms with Gasteiger partial charge >= 0.3 is 0 Å². The quantitative estimate of drug-likeness (QED) is 0.920. The van der Waals surface area contributed by atoms with E-state index in [1.165, 1.54) is 0 Å². The summed E-state index contributed by atoms with van der Waals surface area (Å²) in [6.07, 6.45) is 3.77. The highest BCUT2D eigenvalue weighted by Gasteiger charge is 2.12. The Kier molecular flexibility index (Phi) is 3.97. The zero-order valence-electron chi connectivity index (χ0n) is 9.38. The van der Waals surface area contributed by atoms with Crippen LogP contribution in [0.5, 0.6) is 0 Å². The lowest BCUT2D eigenvalue weighted by atomic mass is 10.1. The normalized spacial score (nSPS) is 12.8. The third-order valence-corrected chi connectivity index (χ3v) is 3.58. The number of anilines is 1. The molecule has 2 N–H and O–H groups in total. The molecular weight excluding hydrogens is 256 g/mol. The fourth-order valence-electron chi connectivity index (χ4n) is 1.59. The third kappa shape index (κ3) is 2.43. The molecule has 0 aliphatic carbocycles. The van der Waals surface area contributed by atoms with E-state index < -0.39 is 0 Å². The zero-order chi connectivity index (χ0) is 11.6. The van der Waals surface area contributed by atoms with Crippen molar-refractivity contribution in [3.63, 3.8) is 0 Å². The molecular formula is C11H17BrN2O. The Hall–Kier alpha value is -0.770. The van der Waals surface area contributed by atoms with Crippen LogP contribution in [0.2, 0.25) is 0 Å². The first-order valence-corrected chi connectivity index (χ1v) is 5.95. The van der Waals surface area contributed by atoms with Gasteiger partial charge in [-0.2, -0.15) is 0 Å². The molecule has 15 heavy (non-hydrogen) atoms. The van der Waals surface area contributed by atoms with Crippen LogP contribution >= 0.6 is 15.9 Å². The Balaban J connectivity index is 3.26. The fourth-order valence-corrected chi connectivity index (χ4v) is 2.02. The highest BCUT2D eigenvalue weighted by Crippen LogP contribution is 2.20. The predicted molar refractivity (Wildman–Crippen MR) is 67.2 cm³/mol. The van der Waals surface area contributed by atoms with E-state index in [0.29, 0.717) is 10.2 Å². The lowest BCUT2D eigenvalue weighted by molar-refractivity contribution is 0.485. The summed E-state index contributed by atoms with van der Waals surface area (Å²) in [5.74, 6) is 0. The van der Waals surface area contributed by atoms with Crippen LogP contribution in [0.15, 0.2) is 15.5 Å². The minimum absolute atomic E-state index is 0.00245. The molecule has 1 unspecified atom stereocenters. The maximum absolute atomic E-state index is 11.9. The smallest absolute Gasteiger partial charge is 0.265 e. The average Bonchev–Trinajstić information content (AvgIpc) is 2.20. The monoisotopic (exact) mass is 272 g/mol. The molecule has 0 aliphatic heterocycles. The third-order valence-electron chi connectivity index (χ3n) is 2.64. The first-order chi connectivity index (χ1) is 6.99. The van der Waals surface area contributed by atoms with Crippen molar-refractivity contribution >= 4 is 21.6 Å². The molecule has 1 aromatic heterocycles. The van der Waals surface area contributed by atoms with Crippen LogP contribution in [0, 0.1) is 6.92 Å². The number of hydrogen-bond donors (Lipinski definition) is 1. The number of rotatable bonds is 3. The van der Waals surface area contributed by atoms with E-state index in [1.54, 1.807) is 10.8 Å². The molecule has 0 spiro atoms. The summed E-state index contributed by atoms with van der Waals surface area (Å²) in [4.78, 5) is 11.9. The van der Waals surface area contributed by atoms with Crippen molar-refractivity contribution in [3.8, 4) is 0 Å². The van der Waals surface area contributed by atoms with Crippen molar-refractivity contribution in [2.45, 2.75) is 39.7 Å². The second-order valence-corrected chi connectivity index (χ2v) is 4.67. The second-order valence-electron chi connectivity index (χ2n) is 3.87. The first kappa shape index (κ1) is 12.3. The molecule has 0 fully saturated rings. The van der Waals surface area contributed by atoms with Crippen LogP contribution in [0.25, 0.3) is 0 Å². The van der Waals surface area contributed by atoms with Crippen LogP contribution in [-0.4, -0.2) is 4.57 Å². The van der Waals surface area contributed by atoms with E-state index in [1.807, 2.05) is 13.8 Å². The van der Waals surface area contributed by atoms with Gasteiger partial charge in [-0.3, -0.25) is 4.79 Å². The number of aromatic nitrogens is 1. The first-order valence-electron chi connectivity index (χ1n) is 5.15. The molecule has 1 aromatic rings. The summed E-state index contributed by atoms with van der Waals surface area (Å²) < 4.78 is 2.28. The van der Waals surface area contributed by atoms with Crippen LogP contribution in [0.1, 0.15) is 38.3 Å². The van der Waals surface area contributed by atoms with Crippen molar-refractivity contribution in [2.75, 3.05) is 5.73 Å². The van der Waals surface area contributed by atoms with Crippen molar-refractivity contribution in [3.05, 3.63) is 26.6 Å². The van der Waals surface area contributed by atoms with Crippen molar-refractivity contribution in [2.24, 2.45) is 0 Å². The Morgan fingerprint density at radius 1 is 1.60 bits per heavy atom. The van der Waals surface area contributed by atoms with Gasteiger partial charge in [0.25, 0.3) is 5.56 Å². The van der Waals surface area contributed by atoms with E-state index in [9.17, 15) is 4.79 Å². The van der Waals surface area contributed by atoms with Gasteiger partial charge in [0, 0.05) is 12.2 Å². The predicted octanol–water partition coefficient (Wildman–Crippen LogP) is 2.86. The Morgan fingerprint density at radius 2 is 2.20 bits per heavy atom. The molecule has 0 aliphatic rings. The minimum atomic E-state index is 0.00245. The molecule has 0 radical (unpaired) electrons. The molecule has 1 atom stereocenters. The Bertz CT molecular complexity index is 412. The molecule has 0 bridgehead atoms. The maximum Gasteiger partial charge on any atom is 0.265 e. The molecule has 4 heteroatoms. The summed E-state index contributed by atoms with van der Waals surface area (Å²) in [5.41, 5.74) is 7.31. The highest BCUT2D eigenvalue weighted by atomic mass is 79.9. The second kappa shape index (κ2) is 4.84. The highest BCUT2D eigenvalue weighted by molar-refractivity contribution is 9.10. The van der Waals surface area contributed by atoms with Gasteiger partial charge in [-0.15, -0.1) is 0 Å². The summed E-state index contributed by atoms with van der Waals surface area (Å²) in [5, 5.41) is 0.